The summed E-state index contributed by atoms with van der Waals surface area (Å²) < 4.78 is 0. The fraction of sp³-hybridized carbons (Fsp3) is 0.571. The van der Waals surface area contributed by atoms with E-state index < -0.39 is 0 Å². The summed E-state index contributed by atoms with van der Waals surface area (Å²) in [7, 11) is 0. The van der Waals surface area contributed by atoms with Crippen LogP contribution in [-0.2, 0) is 0 Å². The second-order valence-electron chi connectivity index (χ2n) is 4.84. The number of benzene rings is 1. The zero-order chi connectivity index (χ0) is 12.1. The van der Waals surface area contributed by atoms with Crippen LogP contribution in [0.2, 0.25) is 0 Å². The van der Waals surface area contributed by atoms with E-state index in [2.05, 4.69) is 23.6 Å². The zero-order valence-corrected chi connectivity index (χ0v) is 10.6. The number of rotatable bonds is 4. The molecule has 1 aromatic rings. The van der Waals surface area contributed by atoms with Crippen molar-refractivity contribution in [3.05, 3.63) is 24.3 Å². The number of nitrogens with one attached hydrogen (secondary N) is 2. The van der Waals surface area contributed by atoms with Crippen molar-refractivity contribution in [3.8, 4) is 0 Å². The smallest absolute Gasteiger partial charge is 0.0576 e. The highest BCUT2D eigenvalue weighted by molar-refractivity contribution is 5.65. The summed E-state index contributed by atoms with van der Waals surface area (Å²) in [5, 5.41) is 7.09. The summed E-state index contributed by atoms with van der Waals surface area (Å²) in [6.07, 6.45) is 4.98. The van der Waals surface area contributed by atoms with E-state index in [1.54, 1.807) is 0 Å². The van der Waals surface area contributed by atoms with Crippen LogP contribution < -0.4 is 16.4 Å². The topological polar surface area (TPSA) is 50.1 Å². The maximum atomic E-state index is 5.94. The van der Waals surface area contributed by atoms with Crippen LogP contribution >= 0.6 is 0 Å². The van der Waals surface area contributed by atoms with Gasteiger partial charge in [0.2, 0.25) is 0 Å². The number of nitrogen functional groups attached to an aromatic ring is 1. The van der Waals surface area contributed by atoms with Gasteiger partial charge in [-0.25, -0.2) is 0 Å². The summed E-state index contributed by atoms with van der Waals surface area (Å²) >= 11 is 0. The van der Waals surface area contributed by atoms with Crippen LogP contribution in [0.5, 0.6) is 0 Å². The van der Waals surface area contributed by atoms with Gasteiger partial charge >= 0.3 is 0 Å². The molecule has 0 heterocycles. The summed E-state index contributed by atoms with van der Waals surface area (Å²) in [6.45, 7) is 3.25. The minimum atomic E-state index is 0.578. The number of hydrogen-bond acceptors (Lipinski definition) is 3. The molecule has 2 rings (SSSR count). The van der Waals surface area contributed by atoms with Crippen LogP contribution in [-0.4, -0.2) is 18.6 Å². The molecule has 4 N–H and O–H groups in total. The normalized spacial score (nSPS) is 24.5. The summed E-state index contributed by atoms with van der Waals surface area (Å²) in [5.41, 5.74) is 7.87. The highest BCUT2D eigenvalue weighted by atomic mass is 15.0. The van der Waals surface area contributed by atoms with E-state index in [4.69, 9.17) is 5.73 Å². The lowest BCUT2D eigenvalue weighted by atomic mass is 9.91. The largest absolute Gasteiger partial charge is 0.397 e. The molecule has 17 heavy (non-hydrogen) atoms. The predicted molar refractivity (Wildman–Crippen MR) is 74.2 cm³/mol. The maximum Gasteiger partial charge on any atom is 0.0576 e. The molecule has 3 nitrogen and oxygen atoms in total. The van der Waals surface area contributed by atoms with E-state index in [1.165, 1.54) is 25.7 Å². The summed E-state index contributed by atoms with van der Waals surface area (Å²) in [5.74, 6) is 0. The van der Waals surface area contributed by atoms with Crippen LogP contribution in [0.25, 0.3) is 0 Å². The third-order valence-corrected chi connectivity index (χ3v) is 3.54. The molecule has 1 aromatic carbocycles. The van der Waals surface area contributed by atoms with Crippen molar-refractivity contribution in [1.29, 1.82) is 0 Å². The molecule has 0 saturated heterocycles. The molecule has 1 aliphatic carbocycles. The molecule has 3 heteroatoms. The van der Waals surface area contributed by atoms with Crippen LogP contribution in [0, 0.1) is 0 Å². The van der Waals surface area contributed by atoms with Gasteiger partial charge in [0.15, 0.2) is 0 Å². The van der Waals surface area contributed by atoms with E-state index >= 15 is 0 Å². The average molecular weight is 233 g/mol. The van der Waals surface area contributed by atoms with Gasteiger partial charge in [0.1, 0.15) is 0 Å². The molecule has 1 aliphatic rings. The summed E-state index contributed by atoms with van der Waals surface area (Å²) in [4.78, 5) is 0. The Morgan fingerprint density at radius 2 is 1.76 bits per heavy atom. The van der Waals surface area contributed by atoms with Crippen molar-refractivity contribution in [2.24, 2.45) is 0 Å². The van der Waals surface area contributed by atoms with Crippen LogP contribution in [0.15, 0.2) is 24.3 Å². The molecule has 1 saturated carbocycles. The van der Waals surface area contributed by atoms with Gasteiger partial charge in [0.05, 0.1) is 11.4 Å². The fourth-order valence-corrected chi connectivity index (χ4v) is 2.58. The van der Waals surface area contributed by atoms with E-state index in [0.29, 0.717) is 12.1 Å². The third kappa shape index (κ3) is 3.37. The van der Waals surface area contributed by atoms with Crippen molar-refractivity contribution in [2.75, 3.05) is 17.6 Å². The molecule has 0 aliphatic heterocycles. The van der Waals surface area contributed by atoms with Gasteiger partial charge < -0.3 is 16.4 Å². The lowest BCUT2D eigenvalue weighted by Crippen LogP contribution is -2.36. The number of para-hydroxylation sites is 2. The molecule has 0 radical (unpaired) electrons. The van der Waals surface area contributed by atoms with Gasteiger partial charge in [-0.05, 0) is 44.4 Å². The minimum absolute atomic E-state index is 0.578. The Morgan fingerprint density at radius 1 is 1.12 bits per heavy atom. The quantitative estimate of drug-likeness (QED) is 0.701. The van der Waals surface area contributed by atoms with Crippen LogP contribution in [0.1, 0.15) is 32.6 Å². The summed E-state index contributed by atoms with van der Waals surface area (Å²) in [6, 6.07) is 9.31. The molecule has 0 aromatic heterocycles. The van der Waals surface area contributed by atoms with E-state index in [9.17, 15) is 0 Å². The standard InChI is InChI=1S/C14H23N3/c1-2-16-11-7-9-12(10-8-11)17-14-6-4-3-5-13(14)15/h3-6,11-12,16-17H,2,7-10,15H2,1H3/t11-,12-. The molecule has 94 valence electrons. The number of nitrogens with two attached hydrogens (primary N) is 1. The molecule has 0 bridgehead atoms. The van der Waals surface area contributed by atoms with Gasteiger partial charge in [-0.3, -0.25) is 0 Å². The maximum absolute atomic E-state index is 5.94. The van der Waals surface area contributed by atoms with Crippen LogP contribution in [0.4, 0.5) is 11.4 Å². The van der Waals surface area contributed by atoms with Gasteiger partial charge in [0, 0.05) is 12.1 Å². The molecular formula is C14H23N3. The number of anilines is 2. The highest BCUT2D eigenvalue weighted by Gasteiger charge is 2.20. The van der Waals surface area contributed by atoms with Gasteiger partial charge in [0.25, 0.3) is 0 Å². The second-order valence-corrected chi connectivity index (χ2v) is 4.84. The van der Waals surface area contributed by atoms with Crippen molar-refractivity contribution in [1.82, 2.24) is 5.32 Å². The molecule has 1 fully saturated rings. The first-order valence-electron chi connectivity index (χ1n) is 6.64. The SMILES string of the molecule is CCN[C@H]1CC[C@H](Nc2ccccc2N)CC1. The Hall–Kier alpha value is -1.22. The molecule has 0 amide bonds. The van der Waals surface area contributed by atoms with Crippen molar-refractivity contribution in [2.45, 2.75) is 44.7 Å². The first-order valence-corrected chi connectivity index (χ1v) is 6.64. The minimum Gasteiger partial charge on any atom is -0.397 e. The van der Waals surface area contributed by atoms with Crippen molar-refractivity contribution in [3.63, 3.8) is 0 Å². The molecule has 0 spiro atoms. The first kappa shape index (κ1) is 12.2. The van der Waals surface area contributed by atoms with Gasteiger partial charge in [-0.2, -0.15) is 0 Å². The van der Waals surface area contributed by atoms with Crippen LogP contribution in [0.3, 0.4) is 0 Å². The van der Waals surface area contributed by atoms with E-state index in [0.717, 1.165) is 17.9 Å². The fourth-order valence-electron chi connectivity index (χ4n) is 2.58. The molecular weight excluding hydrogens is 210 g/mol. The van der Waals surface area contributed by atoms with Crippen molar-refractivity contribution < 1.29 is 0 Å². The predicted octanol–water partition coefficient (Wildman–Crippen LogP) is 2.60. The average Bonchev–Trinajstić information content (AvgIpc) is 2.35. The van der Waals surface area contributed by atoms with E-state index in [-0.39, 0.29) is 0 Å². The van der Waals surface area contributed by atoms with Gasteiger partial charge in [-0.1, -0.05) is 19.1 Å². The zero-order valence-electron chi connectivity index (χ0n) is 10.6. The monoisotopic (exact) mass is 233 g/mol. The Balaban J connectivity index is 1.84. The highest BCUT2D eigenvalue weighted by Crippen LogP contribution is 2.25. The van der Waals surface area contributed by atoms with E-state index in [1.807, 2.05) is 18.2 Å². The first-order chi connectivity index (χ1) is 8.29. The third-order valence-electron chi connectivity index (χ3n) is 3.54. The van der Waals surface area contributed by atoms with Gasteiger partial charge in [-0.15, -0.1) is 0 Å². The Labute approximate surface area is 104 Å². The van der Waals surface area contributed by atoms with Crippen molar-refractivity contribution >= 4 is 11.4 Å². The lowest BCUT2D eigenvalue weighted by molar-refractivity contribution is 0.359. The molecule has 0 atom stereocenters. The lowest BCUT2D eigenvalue weighted by Gasteiger charge is -2.30. The Morgan fingerprint density at radius 3 is 2.41 bits per heavy atom. The second kappa shape index (κ2) is 5.92. The molecule has 0 unspecified atom stereocenters. The number of hydrogen-bond donors (Lipinski definition) is 3. The Kier molecular flexibility index (Phi) is 4.26. The Bertz CT molecular complexity index is 343.